The molecule has 0 aromatic carbocycles. The van der Waals surface area contributed by atoms with Crippen molar-refractivity contribution in [3.05, 3.63) is 0 Å². The van der Waals surface area contributed by atoms with Crippen LogP contribution >= 0.6 is 0 Å². The molecule has 0 radical (unpaired) electrons. The van der Waals surface area contributed by atoms with Gasteiger partial charge in [0, 0.05) is 45.7 Å². The van der Waals surface area contributed by atoms with Crippen molar-refractivity contribution in [3.8, 4) is 0 Å². The largest absolute Gasteiger partial charge is 0.481 e. The molecule has 7 heteroatoms. The second-order valence-electron chi connectivity index (χ2n) is 5.02. The summed E-state index contributed by atoms with van der Waals surface area (Å²) in [6.45, 7) is 3.60. The van der Waals surface area contributed by atoms with Gasteiger partial charge < -0.3 is 15.3 Å². The summed E-state index contributed by atoms with van der Waals surface area (Å²) in [4.78, 5) is 37.6. The Labute approximate surface area is 111 Å². The SMILES string of the molecule is O=C(O)CCN1CCN(C(=O)C2CNC(=O)C2)CC1. The van der Waals surface area contributed by atoms with Crippen LogP contribution in [0.25, 0.3) is 0 Å². The lowest BCUT2D eigenvalue weighted by Gasteiger charge is -2.35. The molecule has 2 fully saturated rings. The molecule has 2 saturated heterocycles. The molecular weight excluding hydrogens is 250 g/mol. The quantitative estimate of drug-likeness (QED) is 0.665. The van der Waals surface area contributed by atoms with E-state index in [1.807, 2.05) is 0 Å². The van der Waals surface area contributed by atoms with Crippen LogP contribution in [0, 0.1) is 5.92 Å². The van der Waals surface area contributed by atoms with Crippen LogP contribution in [-0.4, -0.2) is 72.0 Å². The molecule has 1 atom stereocenters. The minimum Gasteiger partial charge on any atom is -0.481 e. The summed E-state index contributed by atoms with van der Waals surface area (Å²) >= 11 is 0. The topological polar surface area (TPSA) is 89.9 Å². The Kier molecular flexibility index (Phi) is 4.36. The van der Waals surface area contributed by atoms with Crippen LogP contribution in [-0.2, 0) is 14.4 Å². The van der Waals surface area contributed by atoms with E-state index < -0.39 is 5.97 Å². The van der Waals surface area contributed by atoms with Crippen molar-refractivity contribution in [2.24, 2.45) is 5.92 Å². The van der Waals surface area contributed by atoms with Crippen LogP contribution in [0.4, 0.5) is 0 Å². The first-order chi connectivity index (χ1) is 9.06. The summed E-state index contributed by atoms with van der Waals surface area (Å²) in [6.07, 6.45) is 0.424. The molecular formula is C12H19N3O4. The Morgan fingerprint density at radius 2 is 1.95 bits per heavy atom. The van der Waals surface area contributed by atoms with Gasteiger partial charge in [-0.15, -0.1) is 0 Å². The average molecular weight is 269 g/mol. The maximum absolute atomic E-state index is 12.1. The van der Waals surface area contributed by atoms with Crippen LogP contribution in [0.15, 0.2) is 0 Å². The molecule has 1 unspecified atom stereocenters. The lowest BCUT2D eigenvalue weighted by molar-refractivity contribution is -0.139. The van der Waals surface area contributed by atoms with Gasteiger partial charge in [-0.05, 0) is 0 Å². The van der Waals surface area contributed by atoms with E-state index in [9.17, 15) is 14.4 Å². The van der Waals surface area contributed by atoms with E-state index in [2.05, 4.69) is 10.2 Å². The zero-order valence-corrected chi connectivity index (χ0v) is 10.8. The van der Waals surface area contributed by atoms with E-state index in [0.717, 1.165) is 0 Å². The highest BCUT2D eigenvalue weighted by Gasteiger charge is 2.32. The van der Waals surface area contributed by atoms with Gasteiger partial charge in [-0.2, -0.15) is 0 Å². The van der Waals surface area contributed by atoms with Crippen molar-refractivity contribution < 1.29 is 19.5 Å². The van der Waals surface area contributed by atoms with Crippen LogP contribution in [0.2, 0.25) is 0 Å². The van der Waals surface area contributed by atoms with E-state index in [1.54, 1.807) is 4.90 Å². The van der Waals surface area contributed by atoms with Crippen molar-refractivity contribution >= 4 is 17.8 Å². The van der Waals surface area contributed by atoms with Gasteiger partial charge in [0.05, 0.1) is 12.3 Å². The van der Waals surface area contributed by atoms with Crippen LogP contribution in [0.3, 0.4) is 0 Å². The summed E-state index contributed by atoms with van der Waals surface area (Å²) in [5.41, 5.74) is 0. The van der Waals surface area contributed by atoms with Gasteiger partial charge >= 0.3 is 5.97 Å². The highest BCUT2D eigenvalue weighted by Crippen LogP contribution is 2.14. The molecule has 2 N–H and O–H groups in total. The van der Waals surface area contributed by atoms with E-state index in [-0.39, 0.29) is 30.6 Å². The normalized spacial score (nSPS) is 24.3. The molecule has 2 rings (SSSR count). The van der Waals surface area contributed by atoms with E-state index in [0.29, 0.717) is 39.3 Å². The Bertz CT molecular complexity index is 377. The fourth-order valence-electron chi connectivity index (χ4n) is 2.48. The molecule has 0 spiro atoms. The summed E-state index contributed by atoms with van der Waals surface area (Å²) in [5, 5.41) is 11.3. The smallest absolute Gasteiger partial charge is 0.304 e. The van der Waals surface area contributed by atoms with E-state index in [4.69, 9.17) is 5.11 Å². The van der Waals surface area contributed by atoms with E-state index in [1.165, 1.54) is 0 Å². The number of rotatable bonds is 4. The summed E-state index contributed by atoms with van der Waals surface area (Å²) in [6, 6.07) is 0. The highest BCUT2D eigenvalue weighted by atomic mass is 16.4. The number of hydrogen-bond acceptors (Lipinski definition) is 4. The standard InChI is InChI=1S/C12H19N3O4/c16-10-7-9(8-13-10)12(19)15-5-3-14(4-6-15)2-1-11(17)18/h9H,1-8H2,(H,13,16)(H,17,18). The molecule has 0 saturated carbocycles. The lowest BCUT2D eigenvalue weighted by atomic mass is 10.1. The van der Waals surface area contributed by atoms with Gasteiger partial charge in [-0.1, -0.05) is 0 Å². The number of amides is 2. The molecule has 0 bridgehead atoms. The first-order valence-corrected chi connectivity index (χ1v) is 6.56. The molecule has 2 aliphatic heterocycles. The maximum atomic E-state index is 12.1. The predicted octanol–water partition coefficient (Wildman–Crippen LogP) is -1.26. The first-order valence-electron chi connectivity index (χ1n) is 6.56. The molecule has 19 heavy (non-hydrogen) atoms. The van der Waals surface area contributed by atoms with Crippen molar-refractivity contribution in [1.82, 2.24) is 15.1 Å². The zero-order chi connectivity index (χ0) is 13.8. The third-order valence-corrected chi connectivity index (χ3v) is 3.65. The number of nitrogens with zero attached hydrogens (tertiary/aromatic N) is 2. The minimum atomic E-state index is -0.797. The lowest BCUT2D eigenvalue weighted by Crippen LogP contribution is -2.50. The maximum Gasteiger partial charge on any atom is 0.304 e. The average Bonchev–Trinajstić information content (AvgIpc) is 2.83. The van der Waals surface area contributed by atoms with Crippen molar-refractivity contribution in [2.75, 3.05) is 39.3 Å². The van der Waals surface area contributed by atoms with Crippen molar-refractivity contribution in [1.29, 1.82) is 0 Å². The van der Waals surface area contributed by atoms with Crippen LogP contribution in [0.1, 0.15) is 12.8 Å². The summed E-state index contributed by atoms with van der Waals surface area (Å²) < 4.78 is 0. The van der Waals surface area contributed by atoms with Crippen LogP contribution in [0.5, 0.6) is 0 Å². The number of carboxylic acid groups (broad SMARTS) is 1. The summed E-state index contributed by atoms with van der Waals surface area (Å²) in [7, 11) is 0. The van der Waals surface area contributed by atoms with Gasteiger partial charge in [0.15, 0.2) is 0 Å². The number of nitrogens with one attached hydrogen (secondary N) is 1. The van der Waals surface area contributed by atoms with Gasteiger partial charge in [0.1, 0.15) is 0 Å². The molecule has 106 valence electrons. The highest BCUT2D eigenvalue weighted by molar-refractivity contribution is 5.89. The first kappa shape index (κ1) is 13.8. The second kappa shape index (κ2) is 6.01. The van der Waals surface area contributed by atoms with Gasteiger partial charge in [-0.3, -0.25) is 19.3 Å². The van der Waals surface area contributed by atoms with Crippen molar-refractivity contribution in [3.63, 3.8) is 0 Å². The Balaban J connectivity index is 1.75. The fraction of sp³-hybridized carbons (Fsp3) is 0.750. The van der Waals surface area contributed by atoms with Gasteiger partial charge in [0.25, 0.3) is 0 Å². The van der Waals surface area contributed by atoms with Gasteiger partial charge in [-0.25, -0.2) is 0 Å². The molecule has 2 aliphatic rings. The molecule has 2 heterocycles. The number of piperazine rings is 1. The minimum absolute atomic E-state index is 0.0382. The molecule has 0 aliphatic carbocycles. The third-order valence-electron chi connectivity index (χ3n) is 3.65. The molecule has 7 nitrogen and oxygen atoms in total. The molecule has 2 amide bonds. The van der Waals surface area contributed by atoms with E-state index >= 15 is 0 Å². The Morgan fingerprint density at radius 3 is 2.47 bits per heavy atom. The second-order valence-corrected chi connectivity index (χ2v) is 5.02. The number of carbonyl (C=O) groups is 3. The molecule has 0 aromatic rings. The number of carbonyl (C=O) groups excluding carboxylic acids is 2. The van der Waals surface area contributed by atoms with Gasteiger partial charge in [0.2, 0.25) is 11.8 Å². The van der Waals surface area contributed by atoms with Crippen molar-refractivity contribution in [2.45, 2.75) is 12.8 Å². The number of aliphatic carboxylic acids is 1. The number of hydrogen-bond donors (Lipinski definition) is 2. The predicted molar refractivity (Wildman–Crippen MR) is 66.4 cm³/mol. The summed E-state index contributed by atoms with van der Waals surface area (Å²) in [5.74, 6) is -1.04. The third kappa shape index (κ3) is 3.66. The Hall–Kier alpha value is -1.63. The Morgan fingerprint density at radius 1 is 1.26 bits per heavy atom. The van der Waals surface area contributed by atoms with Crippen LogP contribution < -0.4 is 5.32 Å². The molecule has 0 aromatic heterocycles. The monoisotopic (exact) mass is 269 g/mol. The zero-order valence-electron chi connectivity index (χ0n) is 10.8. The fourth-order valence-corrected chi connectivity index (χ4v) is 2.48. The number of carboxylic acids is 1.